The van der Waals surface area contributed by atoms with Crippen molar-refractivity contribution in [2.24, 2.45) is 4.40 Å². The lowest BCUT2D eigenvalue weighted by Crippen LogP contribution is -1.97. The molecule has 0 amide bonds. The van der Waals surface area contributed by atoms with Gasteiger partial charge in [0.2, 0.25) is 18.3 Å². The third-order valence-electron chi connectivity index (χ3n) is 0.536. The summed E-state index contributed by atoms with van der Waals surface area (Å²) in [6.07, 6.45) is 1.19. The van der Waals surface area contributed by atoms with Crippen LogP contribution in [-0.4, -0.2) is 12.0 Å². The zero-order valence-electron chi connectivity index (χ0n) is 5.29. The Labute approximate surface area is 62.3 Å². The first-order valence-corrected chi connectivity index (χ1v) is 2.99. The summed E-state index contributed by atoms with van der Waals surface area (Å²) in [5.41, 5.74) is 0.258. The monoisotopic (exact) mass is 159 g/mol. The van der Waals surface area contributed by atoms with E-state index in [2.05, 4.69) is 15.2 Å². The first-order chi connectivity index (χ1) is 4.68. The highest BCUT2D eigenvalue weighted by Crippen LogP contribution is 2.05. The molecule has 0 saturated carbocycles. The second kappa shape index (κ2) is 4.78. The standard InChI is InChI=1S/C5H5NO3S/c1-4(2)5(8)9-10-6-3-7/h1H2,2H3. The van der Waals surface area contributed by atoms with E-state index in [9.17, 15) is 9.59 Å². The smallest absolute Gasteiger partial charge is 0.346 e. The first kappa shape index (κ1) is 8.94. The maximum absolute atomic E-state index is 10.5. The van der Waals surface area contributed by atoms with Gasteiger partial charge >= 0.3 is 5.97 Å². The molecule has 0 saturated heterocycles. The number of isocyanates is 1. The molecule has 0 aliphatic heterocycles. The molecular formula is C5H5NO3S. The van der Waals surface area contributed by atoms with Crippen molar-refractivity contribution in [2.45, 2.75) is 6.92 Å². The summed E-state index contributed by atoms with van der Waals surface area (Å²) in [4.78, 5) is 19.9. The van der Waals surface area contributed by atoms with Gasteiger partial charge in [-0.05, 0) is 6.92 Å². The molecule has 0 fully saturated rings. The van der Waals surface area contributed by atoms with E-state index in [0.717, 1.165) is 0 Å². The molecule has 0 atom stereocenters. The van der Waals surface area contributed by atoms with Crippen molar-refractivity contribution in [1.82, 2.24) is 0 Å². The van der Waals surface area contributed by atoms with Crippen LogP contribution in [0.25, 0.3) is 0 Å². The number of hydrogen-bond acceptors (Lipinski definition) is 5. The van der Waals surface area contributed by atoms with E-state index in [1.807, 2.05) is 0 Å². The highest BCUT2D eigenvalue weighted by molar-refractivity contribution is 7.93. The van der Waals surface area contributed by atoms with Gasteiger partial charge in [-0.2, -0.15) is 0 Å². The van der Waals surface area contributed by atoms with E-state index in [1.54, 1.807) is 0 Å². The fraction of sp³-hybridized carbons (Fsp3) is 0.200. The Bertz CT molecular complexity index is 195. The van der Waals surface area contributed by atoms with Crippen LogP contribution < -0.4 is 0 Å². The summed E-state index contributed by atoms with van der Waals surface area (Å²) in [5, 5.41) is 0. The molecule has 0 aliphatic carbocycles. The minimum atomic E-state index is -0.594. The molecule has 0 spiro atoms. The van der Waals surface area contributed by atoms with Crippen LogP contribution >= 0.6 is 12.2 Å². The molecule has 0 aromatic carbocycles. The van der Waals surface area contributed by atoms with Gasteiger partial charge in [-0.1, -0.05) is 11.0 Å². The highest BCUT2D eigenvalue weighted by Gasteiger charge is 2.01. The predicted molar refractivity (Wildman–Crippen MR) is 36.6 cm³/mol. The number of nitrogens with zero attached hydrogens (tertiary/aromatic N) is 1. The summed E-state index contributed by atoms with van der Waals surface area (Å²) in [7, 11) is 0. The van der Waals surface area contributed by atoms with Crippen molar-refractivity contribution < 1.29 is 13.8 Å². The van der Waals surface area contributed by atoms with Gasteiger partial charge in [0.25, 0.3) is 0 Å². The average molecular weight is 159 g/mol. The summed E-state index contributed by atoms with van der Waals surface area (Å²) >= 11 is 0.381. The molecule has 0 N–H and O–H groups in total. The van der Waals surface area contributed by atoms with E-state index < -0.39 is 5.97 Å². The molecule has 10 heavy (non-hydrogen) atoms. The molecule has 0 aliphatic rings. The van der Waals surface area contributed by atoms with Gasteiger partial charge in [-0.15, -0.1) is 0 Å². The van der Waals surface area contributed by atoms with Gasteiger partial charge in [0, 0.05) is 5.57 Å². The Balaban J connectivity index is 3.60. The van der Waals surface area contributed by atoms with Crippen LogP contribution in [0.3, 0.4) is 0 Å². The van der Waals surface area contributed by atoms with E-state index in [1.165, 1.54) is 13.0 Å². The summed E-state index contributed by atoms with van der Waals surface area (Å²) in [6, 6.07) is 0. The third kappa shape index (κ3) is 3.88. The largest absolute Gasteiger partial charge is 0.364 e. The van der Waals surface area contributed by atoms with Crippen LogP contribution in [-0.2, 0) is 13.8 Å². The maximum atomic E-state index is 10.5. The summed E-state index contributed by atoms with van der Waals surface area (Å²) in [5.74, 6) is -0.594. The zero-order chi connectivity index (χ0) is 7.98. The number of hydrogen-bond donors (Lipinski definition) is 0. The third-order valence-corrected chi connectivity index (χ3v) is 0.911. The molecule has 0 heterocycles. The van der Waals surface area contributed by atoms with Gasteiger partial charge in [-0.3, -0.25) is 0 Å². The van der Waals surface area contributed by atoms with E-state index in [-0.39, 0.29) is 5.57 Å². The quantitative estimate of drug-likeness (QED) is 0.203. The van der Waals surface area contributed by atoms with Crippen molar-refractivity contribution in [3.05, 3.63) is 12.2 Å². The molecule has 0 rings (SSSR count). The lowest BCUT2D eigenvalue weighted by atomic mass is 10.4. The average Bonchev–Trinajstić information content (AvgIpc) is 1.88. The molecule has 4 nitrogen and oxygen atoms in total. The van der Waals surface area contributed by atoms with Crippen LogP contribution in [0.15, 0.2) is 16.5 Å². The normalized spacial score (nSPS) is 7.70. The van der Waals surface area contributed by atoms with Crippen molar-refractivity contribution >= 4 is 24.3 Å². The molecule has 0 radical (unpaired) electrons. The van der Waals surface area contributed by atoms with Crippen LogP contribution in [0.4, 0.5) is 0 Å². The summed E-state index contributed by atoms with van der Waals surface area (Å²) < 4.78 is 7.21. The topological polar surface area (TPSA) is 55.7 Å². The van der Waals surface area contributed by atoms with Crippen molar-refractivity contribution in [3.8, 4) is 0 Å². The lowest BCUT2D eigenvalue weighted by molar-refractivity contribution is -0.128. The van der Waals surface area contributed by atoms with E-state index >= 15 is 0 Å². The van der Waals surface area contributed by atoms with E-state index in [0.29, 0.717) is 12.2 Å². The Kier molecular flexibility index (Phi) is 4.28. The van der Waals surface area contributed by atoms with Gasteiger partial charge in [-0.25, -0.2) is 9.59 Å². The predicted octanol–water partition coefficient (Wildman–Crippen LogP) is 1.00. The molecule has 0 aromatic rings. The van der Waals surface area contributed by atoms with Gasteiger partial charge in [0.1, 0.15) is 0 Å². The van der Waals surface area contributed by atoms with Crippen molar-refractivity contribution in [1.29, 1.82) is 0 Å². The molecular weight excluding hydrogens is 154 g/mol. The molecule has 5 heteroatoms. The molecule has 54 valence electrons. The number of rotatable bonds is 3. The Hall–Kier alpha value is -1.06. The van der Waals surface area contributed by atoms with Crippen LogP contribution in [0.2, 0.25) is 0 Å². The molecule has 0 bridgehead atoms. The lowest BCUT2D eigenvalue weighted by Gasteiger charge is -1.93. The summed E-state index contributed by atoms with van der Waals surface area (Å²) in [6.45, 7) is 4.80. The van der Waals surface area contributed by atoms with Crippen molar-refractivity contribution in [3.63, 3.8) is 0 Å². The van der Waals surface area contributed by atoms with Gasteiger partial charge in [0.05, 0.1) is 0 Å². The molecule has 0 unspecified atom stereocenters. The Morgan fingerprint density at radius 1 is 1.80 bits per heavy atom. The van der Waals surface area contributed by atoms with Crippen LogP contribution in [0.5, 0.6) is 0 Å². The van der Waals surface area contributed by atoms with Crippen LogP contribution in [0.1, 0.15) is 6.92 Å². The SMILES string of the molecule is C=C(C)C(=O)OSN=C=O. The van der Waals surface area contributed by atoms with E-state index in [4.69, 9.17) is 0 Å². The highest BCUT2D eigenvalue weighted by atomic mass is 32.2. The Morgan fingerprint density at radius 3 is 2.80 bits per heavy atom. The fourth-order valence-corrected chi connectivity index (χ4v) is 0.416. The minimum Gasteiger partial charge on any atom is -0.364 e. The second-order valence-electron chi connectivity index (χ2n) is 1.41. The number of carbonyl (C=O) groups is 1. The minimum absolute atomic E-state index is 0.258. The second-order valence-corrected chi connectivity index (χ2v) is 1.91. The Morgan fingerprint density at radius 2 is 2.40 bits per heavy atom. The molecule has 0 aromatic heterocycles. The van der Waals surface area contributed by atoms with Gasteiger partial charge in [0.15, 0.2) is 0 Å². The fourth-order valence-electron chi connectivity index (χ4n) is 0.139. The number of carbonyl (C=O) groups excluding carboxylic acids is 2. The van der Waals surface area contributed by atoms with Crippen LogP contribution in [0, 0.1) is 0 Å². The van der Waals surface area contributed by atoms with Crippen molar-refractivity contribution in [2.75, 3.05) is 0 Å². The van der Waals surface area contributed by atoms with Gasteiger partial charge < -0.3 is 4.18 Å². The zero-order valence-corrected chi connectivity index (χ0v) is 6.10. The maximum Gasteiger partial charge on any atom is 0.346 e. The first-order valence-electron chi connectivity index (χ1n) is 2.29.